The van der Waals surface area contributed by atoms with Crippen LogP contribution in [0.25, 0.3) is 0 Å². The van der Waals surface area contributed by atoms with Gasteiger partial charge in [0.2, 0.25) is 0 Å². The summed E-state index contributed by atoms with van der Waals surface area (Å²) in [6, 6.07) is 6.83. The van der Waals surface area contributed by atoms with Crippen molar-refractivity contribution in [2.45, 2.75) is 39.2 Å². The number of likely N-dealkylation sites (N-methyl/N-ethyl adjacent to an activating group) is 1. The van der Waals surface area contributed by atoms with Crippen molar-refractivity contribution in [1.29, 1.82) is 0 Å². The molecule has 2 aromatic heterocycles. The van der Waals surface area contributed by atoms with Crippen molar-refractivity contribution in [1.82, 2.24) is 20.1 Å². The molecule has 0 aliphatic heterocycles. The summed E-state index contributed by atoms with van der Waals surface area (Å²) < 4.78 is 2.01. The van der Waals surface area contributed by atoms with E-state index in [0.717, 1.165) is 25.8 Å². The van der Waals surface area contributed by atoms with Gasteiger partial charge >= 0.3 is 0 Å². The molecule has 0 spiro atoms. The highest BCUT2D eigenvalue weighted by Crippen LogP contribution is 2.10. The molecule has 1 N–H and O–H groups in total. The Labute approximate surface area is 121 Å². The fourth-order valence-corrected chi connectivity index (χ4v) is 2.50. The average molecular weight is 272 g/mol. The predicted octanol–water partition coefficient (Wildman–Crippen LogP) is 2.14. The molecule has 0 bridgehead atoms. The summed E-state index contributed by atoms with van der Waals surface area (Å²) in [6.07, 6.45) is 6.72. The van der Waals surface area contributed by atoms with E-state index in [2.05, 4.69) is 47.4 Å². The zero-order valence-corrected chi connectivity index (χ0v) is 12.6. The summed E-state index contributed by atoms with van der Waals surface area (Å²) in [4.78, 5) is 4.08. The molecule has 0 aromatic carbocycles. The molecule has 0 amide bonds. The van der Waals surface area contributed by atoms with Crippen LogP contribution in [0.2, 0.25) is 0 Å². The summed E-state index contributed by atoms with van der Waals surface area (Å²) in [5.74, 6) is 0. The van der Waals surface area contributed by atoms with Crippen LogP contribution < -0.4 is 5.32 Å². The first-order chi connectivity index (χ1) is 9.72. The third-order valence-corrected chi connectivity index (χ3v) is 3.57. The molecule has 2 heterocycles. The van der Waals surface area contributed by atoms with E-state index in [1.165, 1.54) is 17.0 Å². The maximum absolute atomic E-state index is 4.53. The van der Waals surface area contributed by atoms with Crippen molar-refractivity contribution in [2.24, 2.45) is 7.05 Å². The highest BCUT2D eigenvalue weighted by Gasteiger charge is 2.13. The minimum absolute atomic E-state index is 0.433. The molecule has 0 saturated heterocycles. The number of rotatable bonds is 7. The van der Waals surface area contributed by atoms with E-state index in [4.69, 9.17) is 0 Å². The molecular formula is C16H24N4. The molecule has 2 aromatic rings. The zero-order chi connectivity index (χ0) is 14.4. The Morgan fingerprint density at radius 1 is 1.20 bits per heavy atom. The number of aromatic nitrogens is 3. The van der Waals surface area contributed by atoms with Crippen molar-refractivity contribution >= 4 is 0 Å². The van der Waals surface area contributed by atoms with Crippen LogP contribution in [-0.2, 0) is 26.3 Å². The Morgan fingerprint density at radius 3 is 2.55 bits per heavy atom. The van der Waals surface area contributed by atoms with Crippen LogP contribution in [0.1, 0.15) is 30.8 Å². The van der Waals surface area contributed by atoms with Gasteiger partial charge in [-0.05, 0) is 43.1 Å². The Morgan fingerprint density at radius 2 is 1.95 bits per heavy atom. The monoisotopic (exact) mass is 272 g/mol. The van der Waals surface area contributed by atoms with Gasteiger partial charge < -0.3 is 5.32 Å². The summed E-state index contributed by atoms with van der Waals surface area (Å²) >= 11 is 0. The molecule has 0 saturated carbocycles. The summed E-state index contributed by atoms with van der Waals surface area (Å²) in [6.45, 7) is 5.28. The molecule has 1 unspecified atom stereocenters. The van der Waals surface area contributed by atoms with Crippen LogP contribution in [0.5, 0.6) is 0 Å². The van der Waals surface area contributed by atoms with Crippen LogP contribution in [0.15, 0.2) is 30.6 Å². The highest BCUT2D eigenvalue weighted by molar-refractivity contribution is 5.15. The van der Waals surface area contributed by atoms with Crippen molar-refractivity contribution < 1.29 is 0 Å². The van der Waals surface area contributed by atoms with E-state index in [0.29, 0.717) is 6.04 Å². The second-order valence-corrected chi connectivity index (χ2v) is 5.12. The van der Waals surface area contributed by atoms with Gasteiger partial charge in [0, 0.05) is 37.6 Å². The molecule has 0 aliphatic carbocycles. The Balaban J connectivity index is 2.06. The largest absolute Gasteiger partial charge is 0.314 e. The first-order valence-electron chi connectivity index (χ1n) is 7.37. The summed E-state index contributed by atoms with van der Waals surface area (Å²) in [5, 5.41) is 8.10. The second kappa shape index (κ2) is 7.20. The molecule has 0 aliphatic rings. The van der Waals surface area contributed by atoms with E-state index in [1.54, 1.807) is 0 Å². The molecule has 0 fully saturated rings. The average Bonchev–Trinajstić information content (AvgIpc) is 2.81. The van der Waals surface area contributed by atoms with Crippen LogP contribution >= 0.6 is 0 Å². The predicted molar refractivity (Wildman–Crippen MR) is 81.7 cm³/mol. The van der Waals surface area contributed by atoms with Gasteiger partial charge in [0.15, 0.2) is 0 Å². The van der Waals surface area contributed by atoms with Crippen LogP contribution in [0.3, 0.4) is 0 Å². The minimum atomic E-state index is 0.433. The van der Waals surface area contributed by atoms with Gasteiger partial charge in [-0.1, -0.05) is 13.8 Å². The van der Waals surface area contributed by atoms with Gasteiger partial charge in [-0.3, -0.25) is 9.67 Å². The van der Waals surface area contributed by atoms with Gasteiger partial charge in [-0.25, -0.2) is 0 Å². The Hall–Kier alpha value is -1.68. The number of nitrogens with one attached hydrogen (secondary N) is 1. The van der Waals surface area contributed by atoms with E-state index in [1.807, 2.05) is 24.1 Å². The maximum Gasteiger partial charge on any atom is 0.0624 e. The number of hydrogen-bond donors (Lipinski definition) is 1. The van der Waals surface area contributed by atoms with E-state index >= 15 is 0 Å². The Bertz CT molecular complexity index is 519. The van der Waals surface area contributed by atoms with E-state index in [9.17, 15) is 0 Å². The van der Waals surface area contributed by atoms with Crippen LogP contribution in [0.4, 0.5) is 0 Å². The quantitative estimate of drug-likeness (QED) is 0.840. The molecule has 1 atom stereocenters. The fraction of sp³-hybridized carbons (Fsp3) is 0.500. The number of pyridine rings is 1. The number of hydrogen-bond acceptors (Lipinski definition) is 3. The lowest BCUT2D eigenvalue weighted by molar-refractivity contribution is 0.504. The van der Waals surface area contributed by atoms with Crippen molar-refractivity contribution in [3.8, 4) is 0 Å². The van der Waals surface area contributed by atoms with Gasteiger partial charge in [0.05, 0.1) is 5.69 Å². The second-order valence-electron chi connectivity index (χ2n) is 5.12. The molecule has 4 nitrogen and oxygen atoms in total. The topological polar surface area (TPSA) is 42.7 Å². The number of aryl methyl sites for hydroxylation is 2. The van der Waals surface area contributed by atoms with E-state index in [-0.39, 0.29) is 0 Å². The molecule has 2 rings (SSSR count). The van der Waals surface area contributed by atoms with E-state index < -0.39 is 0 Å². The fourth-order valence-electron chi connectivity index (χ4n) is 2.50. The summed E-state index contributed by atoms with van der Waals surface area (Å²) in [7, 11) is 2.03. The summed E-state index contributed by atoms with van der Waals surface area (Å²) in [5.41, 5.74) is 3.78. The van der Waals surface area contributed by atoms with Crippen molar-refractivity contribution in [3.05, 3.63) is 47.5 Å². The zero-order valence-electron chi connectivity index (χ0n) is 12.6. The van der Waals surface area contributed by atoms with Gasteiger partial charge in [-0.2, -0.15) is 5.10 Å². The smallest absolute Gasteiger partial charge is 0.0624 e. The van der Waals surface area contributed by atoms with Crippen molar-refractivity contribution in [3.63, 3.8) is 0 Å². The van der Waals surface area contributed by atoms with Crippen LogP contribution in [-0.4, -0.2) is 27.4 Å². The maximum atomic E-state index is 4.53. The van der Waals surface area contributed by atoms with Gasteiger partial charge in [0.25, 0.3) is 0 Å². The lowest BCUT2D eigenvalue weighted by atomic mass is 10.0. The Kier molecular flexibility index (Phi) is 5.30. The lowest BCUT2D eigenvalue weighted by Crippen LogP contribution is -2.33. The van der Waals surface area contributed by atoms with Crippen LogP contribution in [0, 0.1) is 0 Å². The third-order valence-electron chi connectivity index (χ3n) is 3.57. The van der Waals surface area contributed by atoms with Crippen molar-refractivity contribution in [2.75, 3.05) is 6.54 Å². The molecule has 0 radical (unpaired) electrons. The standard InChI is InChI=1S/C16H24N4/c1-4-14-11-16(20(3)19-14)12-15(18-5-2)10-13-6-8-17-9-7-13/h6-9,11,15,18H,4-5,10,12H2,1-3H3. The molecular weight excluding hydrogens is 248 g/mol. The normalized spacial score (nSPS) is 12.6. The van der Waals surface area contributed by atoms with Gasteiger partial charge in [0.1, 0.15) is 0 Å². The first kappa shape index (κ1) is 14.7. The molecule has 20 heavy (non-hydrogen) atoms. The first-order valence-corrected chi connectivity index (χ1v) is 7.37. The third kappa shape index (κ3) is 3.90. The minimum Gasteiger partial charge on any atom is -0.314 e. The SMILES string of the molecule is CCNC(Cc1ccncc1)Cc1cc(CC)nn1C. The number of nitrogens with zero attached hydrogens (tertiary/aromatic N) is 3. The molecule has 4 heteroatoms. The highest BCUT2D eigenvalue weighted by atomic mass is 15.3. The van der Waals surface area contributed by atoms with Gasteiger partial charge in [-0.15, -0.1) is 0 Å². The lowest BCUT2D eigenvalue weighted by Gasteiger charge is -2.18. The molecule has 108 valence electrons.